The smallest absolute Gasteiger partial charge is 0.306 e. The highest BCUT2D eigenvalue weighted by Crippen LogP contribution is 2.06. The molecule has 0 aromatic carbocycles. The minimum Gasteiger partial charge on any atom is -0.481 e. The summed E-state index contributed by atoms with van der Waals surface area (Å²) in [7, 11) is -3.60. The largest absolute Gasteiger partial charge is 0.481 e. The van der Waals surface area contributed by atoms with Crippen molar-refractivity contribution in [1.29, 1.82) is 5.26 Å². The van der Waals surface area contributed by atoms with Crippen molar-refractivity contribution in [2.75, 3.05) is 6.54 Å². The van der Waals surface area contributed by atoms with E-state index < -0.39 is 27.2 Å². The zero-order chi connectivity index (χ0) is 13.5. The number of carboxylic acids is 1. The topological polar surface area (TPSA) is 107 Å². The summed E-state index contributed by atoms with van der Waals surface area (Å²) in [4.78, 5) is 10.5. The average molecular weight is 262 g/mol. The quantitative estimate of drug-likeness (QED) is 0.626. The molecule has 2 atom stereocenters. The number of nitrogens with one attached hydrogen (secondary N) is 1. The van der Waals surface area contributed by atoms with Crippen LogP contribution in [0.1, 0.15) is 33.1 Å². The number of rotatable bonds is 8. The number of sulfonamides is 1. The summed E-state index contributed by atoms with van der Waals surface area (Å²) in [6, 6.07) is 1.72. The summed E-state index contributed by atoms with van der Waals surface area (Å²) in [5.41, 5.74) is 0. The third-order valence-corrected chi connectivity index (χ3v) is 4.22. The molecule has 0 saturated carbocycles. The standard InChI is InChI=1S/C10H18N2O4S/c1-3-9(7-11)17(15,16)12-6-4-5-8(2)10(13)14/h8-9,12H,3-6H2,1-2H3,(H,13,14). The molecule has 0 aliphatic rings. The predicted octanol–water partition coefficient (Wildman–Crippen LogP) is 0.709. The highest BCUT2D eigenvalue weighted by atomic mass is 32.2. The van der Waals surface area contributed by atoms with Gasteiger partial charge in [-0.25, -0.2) is 13.1 Å². The highest BCUT2D eigenvalue weighted by molar-refractivity contribution is 7.90. The molecule has 7 heteroatoms. The van der Waals surface area contributed by atoms with Crippen LogP contribution in [0.25, 0.3) is 0 Å². The van der Waals surface area contributed by atoms with Crippen LogP contribution < -0.4 is 4.72 Å². The summed E-state index contributed by atoms with van der Waals surface area (Å²) < 4.78 is 25.4. The second-order valence-corrected chi connectivity index (χ2v) is 5.79. The molecule has 0 aliphatic carbocycles. The zero-order valence-corrected chi connectivity index (χ0v) is 10.8. The highest BCUT2D eigenvalue weighted by Gasteiger charge is 2.22. The van der Waals surface area contributed by atoms with Crippen LogP contribution in [-0.2, 0) is 14.8 Å². The van der Waals surface area contributed by atoms with Gasteiger partial charge in [-0.05, 0) is 19.3 Å². The number of carbonyl (C=O) groups is 1. The van der Waals surface area contributed by atoms with E-state index >= 15 is 0 Å². The first-order chi connectivity index (χ1) is 7.85. The van der Waals surface area contributed by atoms with Gasteiger partial charge in [-0.15, -0.1) is 0 Å². The first-order valence-corrected chi connectivity index (χ1v) is 7.00. The van der Waals surface area contributed by atoms with E-state index in [2.05, 4.69) is 4.72 Å². The lowest BCUT2D eigenvalue weighted by molar-refractivity contribution is -0.141. The lowest BCUT2D eigenvalue weighted by Gasteiger charge is -2.10. The van der Waals surface area contributed by atoms with Crippen LogP contribution in [0.3, 0.4) is 0 Å². The van der Waals surface area contributed by atoms with Gasteiger partial charge in [-0.2, -0.15) is 5.26 Å². The van der Waals surface area contributed by atoms with Gasteiger partial charge in [-0.3, -0.25) is 4.79 Å². The van der Waals surface area contributed by atoms with E-state index in [0.717, 1.165) is 0 Å². The summed E-state index contributed by atoms with van der Waals surface area (Å²) in [5.74, 6) is -1.38. The Labute approximate surface area is 102 Å². The fourth-order valence-corrected chi connectivity index (χ4v) is 2.43. The number of nitriles is 1. The molecule has 2 N–H and O–H groups in total. The van der Waals surface area contributed by atoms with Crippen molar-refractivity contribution in [3.8, 4) is 6.07 Å². The Kier molecular flexibility index (Phi) is 6.76. The van der Waals surface area contributed by atoms with Crippen molar-refractivity contribution in [3.05, 3.63) is 0 Å². The Balaban J connectivity index is 4.06. The molecule has 0 rings (SSSR count). The Bertz CT molecular complexity index is 386. The molecule has 0 spiro atoms. The maximum absolute atomic E-state index is 11.5. The SMILES string of the molecule is CCC(C#N)S(=O)(=O)NCCCC(C)C(=O)O. The van der Waals surface area contributed by atoms with Crippen molar-refractivity contribution >= 4 is 16.0 Å². The maximum Gasteiger partial charge on any atom is 0.306 e. The molecule has 0 aromatic heterocycles. The van der Waals surface area contributed by atoms with Crippen molar-refractivity contribution in [1.82, 2.24) is 4.72 Å². The van der Waals surface area contributed by atoms with E-state index in [-0.39, 0.29) is 13.0 Å². The van der Waals surface area contributed by atoms with E-state index in [1.165, 1.54) is 0 Å². The van der Waals surface area contributed by atoms with Crippen LogP contribution >= 0.6 is 0 Å². The van der Waals surface area contributed by atoms with Crippen LogP contribution in [0.5, 0.6) is 0 Å². The minimum atomic E-state index is -3.60. The monoisotopic (exact) mass is 262 g/mol. The van der Waals surface area contributed by atoms with Crippen LogP contribution in [0.15, 0.2) is 0 Å². The number of carboxylic acid groups (broad SMARTS) is 1. The van der Waals surface area contributed by atoms with Crippen molar-refractivity contribution < 1.29 is 18.3 Å². The molecule has 98 valence electrons. The maximum atomic E-state index is 11.5. The van der Waals surface area contributed by atoms with Gasteiger partial charge in [0.15, 0.2) is 5.25 Å². The van der Waals surface area contributed by atoms with Crippen molar-refractivity contribution in [3.63, 3.8) is 0 Å². The fraction of sp³-hybridized carbons (Fsp3) is 0.800. The van der Waals surface area contributed by atoms with Gasteiger partial charge in [0.2, 0.25) is 10.0 Å². The van der Waals surface area contributed by atoms with Crippen LogP contribution in [-0.4, -0.2) is 31.3 Å². The van der Waals surface area contributed by atoms with Gasteiger partial charge >= 0.3 is 5.97 Å². The summed E-state index contributed by atoms with van der Waals surface area (Å²) in [6.45, 7) is 3.36. The Morgan fingerprint density at radius 2 is 2.12 bits per heavy atom. The Hall–Kier alpha value is -1.13. The number of hydrogen-bond acceptors (Lipinski definition) is 4. The summed E-state index contributed by atoms with van der Waals surface area (Å²) in [6.07, 6.45) is 1.08. The van der Waals surface area contributed by atoms with Crippen LogP contribution in [0.2, 0.25) is 0 Å². The molecule has 0 amide bonds. The molecular weight excluding hydrogens is 244 g/mol. The molecular formula is C10H18N2O4S. The molecule has 2 unspecified atom stereocenters. The Morgan fingerprint density at radius 1 is 1.53 bits per heavy atom. The molecule has 0 aromatic rings. The molecule has 0 radical (unpaired) electrons. The van der Waals surface area contributed by atoms with Gasteiger partial charge in [-0.1, -0.05) is 13.8 Å². The lowest BCUT2D eigenvalue weighted by atomic mass is 10.1. The Morgan fingerprint density at radius 3 is 2.53 bits per heavy atom. The normalized spacial score (nSPS) is 14.9. The fourth-order valence-electron chi connectivity index (χ4n) is 1.23. The van der Waals surface area contributed by atoms with Crippen LogP contribution in [0.4, 0.5) is 0 Å². The van der Waals surface area contributed by atoms with Gasteiger partial charge in [0.1, 0.15) is 0 Å². The number of nitrogens with zero attached hydrogens (tertiary/aromatic N) is 1. The molecule has 0 saturated heterocycles. The zero-order valence-electron chi connectivity index (χ0n) is 10.0. The summed E-state index contributed by atoms with van der Waals surface area (Å²) in [5, 5.41) is 16.2. The summed E-state index contributed by atoms with van der Waals surface area (Å²) >= 11 is 0. The first kappa shape index (κ1) is 15.9. The van der Waals surface area contributed by atoms with Crippen LogP contribution in [0, 0.1) is 17.2 Å². The van der Waals surface area contributed by atoms with E-state index in [9.17, 15) is 13.2 Å². The molecule has 0 fully saturated rings. The number of hydrogen-bond donors (Lipinski definition) is 2. The molecule has 0 heterocycles. The lowest BCUT2D eigenvalue weighted by Crippen LogP contribution is -2.34. The number of aliphatic carboxylic acids is 1. The molecule has 0 bridgehead atoms. The van der Waals surface area contributed by atoms with E-state index in [1.54, 1.807) is 19.9 Å². The van der Waals surface area contributed by atoms with Gasteiger partial charge in [0.25, 0.3) is 0 Å². The van der Waals surface area contributed by atoms with E-state index in [1.807, 2.05) is 0 Å². The van der Waals surface area contributed by atoms with Crippen molar-refractivity contribution in [2.45, 2.75) is 38.4 Å². The van der Waals surface area contributed by atoms with Crippen molar-refractivity contribution in [2.24, 2.45) is 5.92 Å². The molecule has 6 nitrogen and oxygen atoms in total. The van der Waals surface area contributed by atoms with Gasteiger partial charge < -0.3 is 5.11 Å². The first-order valence-electron chi connectivity index (χ1n) is 5.46. The third kappa shape index (κ3) is 5.65. The van der Waals surface area contributed by atoms with E-state index in [4.69, 9.17) is 10.4 Å². The second-order valence-electron chi connectivity index (χ2n) is 3.85. The third-order valence-electron chi connectivity index (χ3n) is 2.43. The van der Waals surface area contributed by atoms with Gasteiger partial charge in [0.05, 0.1) is 12.0 Å². The molecule has 17 heavy (non-hydrogen) atoms. The second kappa shape index (κ2) is 7.25. The average Bonchev–Trinajstić information content (AvgIpc) is 2.25. The molecule has 0 aliphatic heterocycles. The van der Waals surface area contributed by atoms with E-state index in [0.29, 0.717) is 12.8 Å². The van der Waals surface area contributed by atoms with Gasteiger partial charge in [0, 0.05) is 6.54 Å². The minimum absolute atomic E-state index is 0.165. The predicted molar refractivity (Wildman–Crippen MR) is 62.6 cm³/mol.